The summed E-state index contributed by atoms with van der Waals surface area (Å²) in [5.74, 6) is -0.228. The van der Waals surface area contributed by atoms with Gasteiger partial charge in [0.05, 0.1) is 6.54 Å². The van der Waals surface area contributed by atoms with Crippen molar-refractivity contribution in [3.63, 3.8) is 0 Å². The van der Waals surface area contributed by atoms with E-state index in [-0.39, 0.29) is 23.9 Å². The zero-order valence-electron chi connectivity index (χ0n) is 15.5. The van der Waals surface area contributed by atoms with Crippen LogP contribution in [0, 0.1) is 0 Å². The van der Waals surface area contributed by atoms with Crippen molar-refractivity contribution in [2.45, 2.75) is 45.2 Å². The minimum absolute atomic E-state index is 0.0377. The topological polar surface area (TPSA) is 49.4 Å². The van der Waals surface area contributed by atoms with Gasteiger partial charge in [-0.25, -0.2) is 4.79 Å². The number of benzene rings is 2. The monoisotopic (exact) mass is 414 g/mol. The summed E-state index contributed by atoms with van der Waals surface area (Å²) in [5.41, 5.74) is 1.89. The van der Waals surface area contributed by atoms with Gasteiger partial charge >= 0.3 is 6.03 Å². The molecule has 0 saturated carbocycles. The van der Waals surface area contributed by atoms with Gasteiger partial charge < -0.3 is 5.32 Å². The molecule has 1 heterocycles. The number of hydrogen-bond acceptors (Lipinski definition) is 2. The highest BCUT2D eigenvalue weighted by Gasteiger charge is 2.48. The molecule has 0 spiro atoms. The van der Waals surface area contributed by atoms with Gasteiger partial charge in [0.2, 0.25) is 0 Å². The molecule has 1 aliphatic heterocycles. The predicted octanol–water partition coefficient (Wildman–Crippen LogP) is 4.71. The molecule has 1 unspecified atom stereocenters. The minimum Gasteiger partial charge on any atom is -0.319 e. The van der Waals surface area contributed by atoms with Crippen LogP contribution in [0.4, 0.5) is 4.79 Å². The van der Waals surface area contributed by atoms with Crippen molar-refractivity contribution in [1.82, 2.24) is 10.2 Å². The number of carbonyl (C=O) groups excluding carboxylic acids is 2. The molecule has 3 amide bonds. The number of imide groups is 1. The quantitative estimate of drug-likeness (QED) is 0.738. The average molecular weight is 415 g/mol. The first kappa shape index (κ1) is 18.6. The predicted molar refractivity (Wildman–Crippen MR) is 106 cm³/mol. The number of amides is 3. The number of urea groups is 1. The van der Waals surface area contributed by atoms with E-state index in [1.165, 1.54) is 10.5 Å². The Bertz CT molecular complexity index is 838. The lowest BCUT2D eigenvalue weighted by molar-refractivity contribution is -0.131. The second-order valence-electron chi connectivity index (χ2n) is 7.90. The number of nitrogens with one attached hydrogen (secondary N) is 1. The molecule has 0 aromatic heterocycles. The van der Waals surface area contributed by atoms with Gasteiger partial charge in [-0.2, -0.15) is 0 Å². The molecule has 4 nitrogen and oxygen atoms in total. The highest BCUT2D eigenvalue weighted by atomic mass is 79.9. The van der Waals surface area contributed by atoms with E-state index in [1.807, 2.05) is 48.5 Å². The van der Waals surface area contributed by atoms with Crippen LogP contribution in [0.3, 0.4) is 0 Å². The number of nitrogens with zero attached hydrogens (tertiary/aromatic N) is 1. The summed E-state index contributed by atoms with van der Waals surface area (Å²) in [6, 6.07) is 15.2. The van der Waals surface area contributed by atoms with Crippen LogP contribution in [0.5, 0.6) is 0 Å². The molecule has 1 atom stereocenters. The molecule has 2 aromatic carbocycles. The molecular formula is C21H23BrN2O2. The second-order valence-corrected chi connectivity index (χ2v) is 8.82. The van der Waals surface area contributed by atoms with Gasteiger partial charge in [-0.05, 0) is 41.2 Å². The van der Waals surface area contributed by atoms with Gasteiger partial charge in [-0.15, -0.1) is 0 Å². The summed E-state index contributed by atoms with van der Waals surface area (Å²) in [6.07, 6.45) is 0. The fourth-order valence-corrected chi connectivity index (χ4v) is 3.38. The van der Waals surface area contributed by atoms with Crippen LogP contribution in [-0.2, 0) is 22.3 Å². The highest BCUT2D eigenvalue weighted by molar-refractivity contribution is 9.10. The van der Waals surface area contributed by atoms with Gasteiger partial charge in [0, 0.05) is 4.47 Å². The Hall–Kier alpha value is -2.14. The number of carbonyl (C=O) groups is 2. The van der Waals surface area contributed by atoms with Crippen molar-refractivity contribution in [2.75, 3.05) is 0 Å². The van der Waals surface area contributed by atoms with E-state index in [0.717, 1.165) is 15.6 Å². The lowest BCUT2D eigenvalue weighted by Gasteiger charge is -2.24. The Morgan fingerprint density at radius 3 is 2.12 bits per heavy atom. The van der Waals surface area contributed by atoms with Crippen LogP contribution in [0.1, 0.15) is 44.4 Å². The van der Waals surface area contributed by atoms with Crippen LogP contribution in [0.15, 0.2) is 53.0 Å². The van der Waals surface area contributed by atoms with Crippen LogP contribution >= 0.6 is 15.9 Å². The molecule has 1 fully saturated rings. The zero-order chi connectivity index (χ0) is 19.1. The lowest BCUT2D eigenvalue weighted by Crippen LogP contribution is -2.40. The van der Waals surface area contributed by atoms with Gasteiger partial charge in [-0.3, -0.25) is 9.69 Å². The summed E-state index contributed by atoms with van der Waals surface area (Å²) < 4.78 is 0.960. The number of hydrogen-bond donors (Lipinski definition) is 1. The van der Waals surface area contributed by atoms with Gasteiger partial charge in [0.15, 0.2) is 0 Å². The Morgan fingerprint density at radius 2 is 1.58 bits per heavy atom. The Labute approximate surface area is 162 Å². The molecule has 1 N–H and O–H groups in total. The molecule has 1 aliphatic rings. The van der Waals surface area contributed by atoms with Gasteiger partial charge in [0.25, 0.3) is 5.91 Å². The molecule has 136 valence electrons. The largest absolute Gasteiger partial charge is 0.325 e. The summed E-state index contributed by atoms with van der Waals surface area (Å²) in [7, 11) is 0. The zero-order valence-corrected chi connectivity index (χ0v) is 17.1. The minimum atomic E-state index is -1.04. The SMILES string of the molecule is CC(C)(C)c1ccc(C2(C)NC(=O)N(Cc3ccc(Br)cc3)C2=O)cc1. The van der Waals surface area contributed by atoms with Crippen molar-refractivity contribution in [1.29, 1.82) is 0 Å². The standard InChI is InChI=1S/C21H23BrN2O2/c1-20(2,3)15-7-9-16(10-8-15)21(4)18(25)24(19(26)23-21)13-14-5-11-17(22)12-6-14/h5-12H,13H2,1-4H3,(H,23,26). The van der Waals surface area contributed by atoms with E-state index < -0.39 is 5.54 Å². The summed E-state index contributed by atoms with van der Waals surface area (Å²) >= 11 is 3.39. The third kappa shape index (κ3) is 3.40. The van der Waals surface area contributed by atoms with Gasteiger partial charge in [0.1, 0.15) is 5.54 Å². The fraction of sp³-hybridized carbons (Fsp3) is 0.333. The second kappa shape index (κ2) is 6.54. The van der Waals surface area contributed by atoms with E-state index in [9.17, 15) is 9.59 Å². The Morgan fingerprint density at radius 1 is 1.00 bits per heavy atom. The average Bonchev–Trinajstić information content (AvgIpc) is 2.80. The molecule has 0 radical (unpaired) electrons. The van der Waals surface area contributed by atoms with E-state index in [4.69, 9.17) is 0 Å². The number of halogens is 1. The first-order chi connectivity index (χ1) is 12.1. The molecule has 3 rings (SSSR count). The van der Waals surface area contributed by atoms with Crippen molar-refractivity contribution in [3.05, 3.63) is 69.7 Å². The summed E-state index contributed by atoms with van der Waals surface area (Å²) in [4.78, 5) is 26.8. The Balaban J connectivity index is 1.85. The molecule has 2 aromatic rings. The third-order valence-electron chi connectivity index (χ3n) is 4.86. The maximum Gasteiger partial charge on any atom is 0.325 e. The maximum absolute atomic E-state index is 13.0. The van der Waals surface area contributed by atoms with Crippen molar-refractivity contribution >= 4 is 27.9 Å². The van der Waals surface area contributed by atoms with E-state index in [1.54, 1.807) is 6.92 Å². The maximum atomic E-state index is 13.0. The number of rotatable bonds is 3. The first-order valence-electron chi connectivity index (χ1n) is 8.61. The normalized spacial score (nSPS) is 20.4. The lowest BCUT2D eigenvalue weighted by atomic mass is 9.84. The van der Waals surface area contributed by atoms with Gasteiger partial charge in [-0.1, -0.05) is 73.1 Å². The molecule has 0 bridgehead atoms. The molecule has 1 saturated heterocycles. The van der Waals surface area contributed by atoms with Crippen LogP contribution in [-0.4, -0.2) is 16.8 Å². The van der Waals surface area contributed by atoms with E-state index in [2.05, 4.69) is 42.0 Å². The van der Waals surface area contributed by atoms with Crippen LogP contribution in [0.25, 0.3) is 0 Å². The van der Waals surface area contributed by atoms with E-state index in [0.29, 0.717) is 0 Å². The molecule has 0 aliphatic carbocycles. The van der Waals surface area contributed by atoms with Crippen molar-refractivity contribution in [3.8, 4) is 0 Å². The summed E-state index contributed by atoms with van der Waals surface area (Å²) in [6.45, 7) is 8.46. The fourth-order valence-electron chi connectivity index (χ4n) is 3.11. The smallest absolute Gasteiger partial charge is 0.319 e. The van der Waals surface area contributed by atoms with Crippen LogP contribution < -0.4 is 5.32 Å². The molecule has 5 heteroatoms. The van der Waals surface area contributed by atoms with E-state index >= 15 is 0 Å². The Kier molecular flexibility index (Phi) is 4.69. The summed E-state index contributed by atoms with van der Waals surface area (Å²) in [5, 5.41) is 2.86. The molecule has 26 heavy (non-hydrogen) atoms. The van der Waals surface area contributed by atoms with Crippen molar-refractivity contribution in [2.24, 2.45) is 0 Å². The molecular weight excluding hydrogens is 392 g/mol. The highest BCUT2D eigenvalue weighted by Crippen LogP contribution is 2.31. The van der Waals surface area contributed by atoms with Crippen LogP contribution in [0.2, 0.25) is 0 Å². The van der Waals surface area contributed by atoms with Crippen molar-refractivity contribution < 1.29 is 9.59 Å². The third-order valence-corrected chi connectivity index (χ3v) is 5.39. The first-order valence-corrected chi connectivity index (χ1v) is 9.40.